The van der Waals surface area contributed by atoms with E-state index in [1.807, 2.05) is 25.1 Å². The second-order valence-corrected chi connectivity index (χ2v) is 6.18. The van der Waals surface area contributed by atoms with Crippen molar-refractivity contribution in [3.05, 3.63) is 56.5 Å². The van der Waals surface area contributed by atoms with Gasteiger partial charge in [-0.3, -0.25) is 0 Å². The molecule has 6 heteroatoms. The summed E-state index contributed by atoms with van der Waals surface area (Å²) in [6, 6.07) is 10.2. The number of benzene rings is 2. The van der Waals surface area contributed by atoms with E-state index in [1.165, 1.54) is 0 Å². The molecule has 0 saturated carbocycles. The highest BCUT2D eigenvalue weighted by atomic mass is 79.9. The third kappa shape index (κ3) is 4.63. The van der Waals surface area contributed by atoms with Crippen LogP contribution < -0.4 is 10.6 Å². The average molecular weight is 388 g/mol. The summed E-state index contributed by atoms with van der Waals surface area (Å²) in [5.41, 5.74) is 2.36. The Balaban J connectivity index is 2.11. The van der Waals surface area contributed by atoms with Crippen molar-refractivity contribution in [1.29, 1.82) is 0 Å². The first-order valence-corrected chi connectivity index (χ1v) is 7.85. The zero-order chi connectivity index (χ0) is 15.4. The van der Waals surface area contributed by atoms with E-state index in [1.54, 1.807) is 18.2 Å². The third-order valence-corrected chi connectivity index (χ3v) is 3.75. The lowest BCUT2D eigenvalue weighted by atomic mass is 10.1. The number of hydrogen-bond acceptors (Lipinski definition) is 1. The van der Waals surface area contributed by atoms with Crippen LogP contribution >= 0.6 is 39.1 Å². The number of aryl methyl sites for hydroxylation is 1. The van der Waals surface area contributed by atoms with Crippen LogP contribution in [0, 0.1) is 0 Å². The molecule has 0 fully saturated rings. The van der Waals surface area contributed by atoms with Crippen molar-refractivity contribution in [2.45, 2.75) is 13.3 Å². The Morgan fingerprint density at radius 3 is 2.38 bits per heavy atom. The van der Waals surface area contributed by atoms with Crippen molar-refractivity contribution >= 4 is 56.5 Å². The van der Waals surface area contributed by atoms with E-state index in [0.29, 0.717) is 15.7 Å². The van der Waals surface area contributed by atoms with Crippen LogP contribution in [0.15, 0.2) is 40.9 Å². The number of rotatable bonds is 3. The summed E-state index contributed by atoms with van der Waals surface area (Å²) in [5, 5.41) is 6.46. The van der Waals surface area contributed by atoms with E-state index in [0.717, 1.165) is 22.1 Å². The van der Waals surface area contributed by atoms with Gasteiger partial charge >= 0.3 is 6.03 Å². The van der Waals surface area contributed by atoms with Gasteiger partial charge in [-0.25, -0.2) is 4.79 Å². The van der Waals surface area contributed by atoms with Gasteiger partial charge < -0.3 is 10.6 Å². The van der Waals surface area contributed by atoms with Crippen LogP contribution in [0.5, 0.6) is 0 Å². The minimum absolute atomic E-state index is 0.342. The van der Waals surface area contributed by atoms with E-state index < -0.39 is 0 Å². The Labute approximate surface area is 141 Å². The van der Waals surface area contributed by atoms with Crippen LogP contribution in [-0.4, -0.2) is 6.03 Å². The SMILES string of the molecule is CCc1cc(Br)ccc1NC(=O)Nc1cc(Cl)cc(Cl)c1. The molecule has 0 spiro atoms. The third-order valence-electron chi connectivity index (χ3n) is 2.82. The summed E-state index contributed by atoms with van der Waals surface area (Å²) in [4.78, 5) is 12.0. The zero-order valence-electron chi connectivity index (χ0n) is 11.2. The molecular formula is C15H13BrCl2N2O. The van der Waals surface area contributed by atoms with E-state index in [2.05, 4.69) is 26.6 Å². The molecule has 0 saturated heterocycles. The molecule has 0 radical (unpaired) electrons. The lowest BCUT2D eigenvalue weighted by Gasteiger charge is -2.12. The maximum Gasteiger partial charge on any atom is 0.323 e. The van der Waals surface area contributed by atoms with Crippen LogP contribution in [0.3, 0.4) is 0 Å². The van der Waals surface area contributed by atoms with Crippen LogP contribution in [0.25, 0.3) is 0 Å². The smallest absolute Gasteiger partial charge is 0.308 e. The van der Waals surface area contributed by atoms with Gasteiger partial charge in [-0.1, -0.05) is 46.1 Å². The molecule has 0 unspecified atom stereocenters. The molecule has 0 aliphatic heterocycles. The van der Waals surface area contributed by atoms with E-state index in [-0.39, 0.29) is 6.03 Å². The standard InChI is InChI=1S/C15H13BrCl2N2O/c1-2-9-5-10(16)3-4-14(9)20-15(21)19-13-7-11(17)6-12(18)8-13/h3-8H,2H2,1H3,(H2,19,20,21). The molecule has 2 N–H and O–H groups in total. The molecular weight excluding hydrogens is 375 g/mol. The van der Waals surface area contributed by atoms with E-state index in [9.17, 15) is 4.79 Å². The molecule has 2 aromatic rings. The molecule has 0 atom stereocenters. The van der Waals surface area contributed by atoms with Crippen molar-refractivity contribution in [2.24, 2.45) is 0 Å². The molecule has 21 heavy (non-hydrogen) atoms. The Kier molecular flexibility index (Phi) is 5.51. The van der Waals surface area contributed by atoms with Gasteiger partial charge in [0.15, 0.2) is 0 Å². The second-order valence-electron chi connectivity index (χ2n) is 4.39. The van der Waals surface area contributed by atoms with Crippen molar-refractivity contribution < 1.29 is 4.79 Å². The molecule has 2 amide bonds. The largest absolute Gasteiger partial charge is 0.323 e. The van der Waals surface area contributed by atoms with Gasteiger partial charge in [0, 0.05) is 25.9 Å². The number of carbonyl (C=O) groups excluding carboxylic acids is 1. The quantitative estimate of drug-likeness (QED) is 0.669. The lowest BCUT2D eigenvalue weighted by Crippen LogP contribution is -2.20. The molecule has 0 bridgehead atoms. The summed E-state index contributed by atoms with van der Waals surface area (Å²) in [5.74, 6) is 0. The second kappa shape index (κ2) is 7.16. The topological polar surface area (TPSA) is 41.1 Å². The normalized spacial score (nSPS) is 10.3. The van der Waals surface area contributed by atoms with Gasteiger partial charge in [0.25, 0.3) is 0 Å². The van der Waals surface area contributed by atoms with Crippen LogP contribution in [-0.2, 0) is 6.42 Å². The Morgan fingerprint density at radius 2 is 1.76 bits per heavy atom. The number of carbonyl (C=O) groups is 1. The summed E-state index contributed by atoms with van der Waals surface area (Å²) in [6.45, 7) is 2.03. The first-order chi connectivity index (χ1) is 9.97. The van der Waals surface area contributed by atoms with Crippen molar-refractivity contribution in [1.82, 2.24) is 0 Å². The summed E-state index contributed by atoms with van der Waals surface area (Å²) in [6.07, 6.45) is 0.818. The summed E-state index contributed by atoms with van der Waals surface area (Å²) < 4.78 is 0.979. The summed E-state index contributed by atoms with van der Waals surface area (Å²) >= 11 is 15.2. The fourth-order valence-corrected chi connectivity index (χ4v) is 2.82. The Hall–Kier alpha value is -1.23. The highest BCUT2D eigenvalue weighted by Crippen LogP contribution is 2.24. The van der Waals surface area contributed by atoms with Gasteiger partial charge in [-0.2, -0.15) is 0 Å². The lowest BCUT2D eigenvalue weighted by molar-refractivity contribution is 0.262. The highest BCUT2D eigenvalue weighted by molar-refractivity contribution is 9.10. The molecule has 110 valence electrons. The number of anilines is 2. The maximum atomic E-state index is 12.0. The van der Waals surface area contributed by atoms with Crippen molar-refractivity contribution in [3.63, 3.8) is 0 Å². The van der Waals surface area contributed by atoms with Gasteiger partial charge in [0.1, 0.15) is 0 Å². The number of nitrogens with one attached hydrogen (secondary N) is 2. The minimum atomic E-state index is -0.342. The molecule has 2 aromatic carbocycles. The molecule has 3 nitrogen and oxygen atoms in total. The minimum Gasteiger partial charge on any atom is -0.308 e. The first kappa shape index (κ1) is 16.1. The van der Waals surface area contributed by atoms with Gasteiger partial charge in [0.2, 0.25) is 0 Å². The highest BCUT2D eigenvalue weighted by Gasteiger charge is 2.07. The summed E-state index contributed by atoms with van der Waals surface area (Å²) in [7, 11) is 0. The number of halogens is 3. The number of hydrogen-bond donors (Lipinski definition) is 2. The van der Waals surface area contributed by atoms with E-state index in [4.69, 9.17) is 23.2 Å². The first-order valence-electron chi connectivity index (χ1n) is 6.30. The van der Waals surface area contributed by atoms with Crippen LogP contribution in [0.4, 0.5) is 16.2 Å². The predicted octanol–water partition coefficient (Wildman–Crippen LogP) is 5.96. The molecule has 2 rings (SSSR count). The Morgan fingerprint density at radius 1 is 1.10 bits per heavy atom. The maximum absolute atomic E-state index is 12.0. The van der Waals surface area contributed by atoms with Crippen molar-refractivity contribution in [3.8, 4) is 0 Å². The molecule has 0 heterocycles. The molecule has 0 aromatic heterocycles. The van der Waals surface area contributed by atoms with Gasteiger partial charge in [-0.15, -0.1) is 0 Å². The van der Waals surface area contributed by atoms with Gasteiger partial charge in [-0.05, 0) is 48.4 Å². The number of urea groups is 1. The van der Waals surface area contributed by atoms with Crippen LogP contribution in [0.1, 0.15) is 12.5 Å². The molecule has 0 aliphatic rings. The number of amides is 2. The average Bonchev–Trinajstić information content (AvgIpc) is 2.39. The monoisotopic (exact) mass is 386 g/mol. The van der Waals surface area contributed by atoms with Crippen LogP contribution in [0.2, 0.25) is 10.0 Å². The van der Waals surface area contributed by atoms with E-state index >= 15 is 0 Å². The Bertz CT molecular complexity index is 656. The fraction of sp³-hybridized carbons (Fsp3) is 0.133. The zero-order valence-corrected chi connectivity index (χ0v) is 14.3. The fourth-order valence-electron chi connectivity index (χ4n) is 1.89. The van der Waals surface area contributed by atoms with Gasteiger partial charge in [0.05, 0.1) is 0 Å². The van der Waals surface area contributed by atoms with Crippen molar-refractivity contribution in [2.75, 3.05) is 10.6 Å². The molecule has 0 aliphatic carbocycles. The predicted molar refractivity (Wildman–Crippen MR) is 92.6 cm³/mol.